The molecule has 1 unspecified atom stereocenters. The lowest BCUT2D eigenvalue weighted by molar-refractivity contribution is 0.175. The van der Waals surface area contributed by atoms with Crippen LogP contribution < -0.4 is 0 Å². The van der Waals surface area contributed by atoms with Crippen LogP contribution >= 0.6 is 0 Å². The molecular formula is C8H9O2S. The Labute approximate surface area is 69.0 Å². The maximum atomic E-state index is 11.0. The van der Waals surface area contributed by atoms with E-state index in [9.17, 15) is 9.66 Å². The third-order valence-corrected chi connectivity index (χ3v) is 2.46. The van der Waals surface area contributed by atoms with Gasteiger partial charge in [0, 0.05) is 5.56 Å². The Hall–Kier alpha value is -0.510. The predicted octanol–water partition coefficient (Wildman–Crippen LogP) is 1.35. The average molecular weight is 169 g/mol. The van der Waals surface area contributed by atoms with Crippen molar-refractivity contribution in [3.8, 4) is 0 Å². The molecule has 0 saturated carbocycles. The molecule has 1 atom stereocenters. The fraction of sp³-hybridized carbons (Fsp3) is 0.250. The molecule has 1 rings (SSSR count). The highest BCUT2D eigenvalue weighted by atomic mass is 32.2. The Balaban J connectivity index is 3.02. The summed E-state index contributed by atoms with van der Waals surface area (Å²) in [5.74, 6) is 0. The molecule has 3 heteroatoms. The molecule has 0 aliphatic heterocycles. The van der Waals surface area contributed by atoms with Gasteiger partial charge in [-0.3, -0.25) is 0 Å². The Morgan fingerprint density at radius 2 is 2.09 bits per heavy atom. The Morgan fingerprint density at radius 1 is 1.45 bits per heavy atom. The highest BCUT2D eigenvalue weighted by Gasteiger charge is 2.08. The first-order valence-electron chi connectivity index (χ1n) is 3.25. The monoisotopic (exact) mass is 169 g/mol. The zero-order valence-electron chi connectivity index (χ0n) is 6.24. The molecule has 0 saturated heterocycles. The van der Waals surface area contributed by atoms with Crippen LogP contribution in [0.15, 0.2) is 29.2 Å². The number of hydrogen-bond acceptors (Lipinski definition) is 1. The summed E-state index contributed by atoms with van der Waals surface area (Å²) < 4.78 is 11.0. The van der Waals surface area contributed by atoms with Gasteiger partial charge in [0.05, 0.1) is 0 Å². The van der Waals surface area contributed by atoms with Gasteiger partial charge in [0.25, 0.3) is 0 Å². The van der Waals surface area contributed by atoms with Crippen molar-refractivity contribution < 1.29 is 9.66 Å². The second-order valence-electron chi connectivity index (χ2n) is 2.21. The molecule has 0 fully saturated rings. The van der Waals surface area contributed by atoms with Gasteiger partial charge >= 0.3 is 0 Å². The van der Waals surface area contributed by atoms with Crippen LogP contribution in [0.3, 0.4) is 0 Å². The van der Waals surface area contributed by atoms with Crippen molar-refractivity contribution in [1.82, 2.24) is 0 Å². The van der Waals surface area contributed by atoms with E-state index in [2.05, 4.69) is 0 Å². The Bertz CT molecular complexity index is 235. The number of benzene rings is 1. The predicted molar refractivity (Wildman–Crippen MR) is 43.2 cm³/mol. The van der Waals surface area contributed by atoms with Gasteiger partial charge in [0.15, 0.2) is 4.90 Å². The maximum Gasteiger partial charge on any atom is 0.158 e. The number of rotatable bonds is 2. The van der Waals surface area contributed by atoms with E-state index in [0.717, 1.165) is 0 Å². The number of hydrogen-bond donors (Lipinski definition) is 0. The van der Waals surface area contributed by atoms with Crippen LogP contribution in [0.25, 0.3) is 0 Å². The van der Waals surface area contributed by atoms with E-state index in [0.29, 0.717) is 10.5 Å². The molecular weight excluding hydrogens is 160 g/mol. The molecule has 0 aliphatic carbocycles. The molecule has 11 heavy (non-hydrogen) atoms. The van der Waals surface area contributed by atoms with Gasteiger partial charge in [-0.1, -0.05) is 18.2 Å². The third kappa shape index (κ3) is 1.96. The van der Waals surface area contributed by atoms with Crippen molar-refractivity contribution in [2.45, 2.75) is 11.5 Å². The maximum absolute atomic E-state index is 11.0. The van der Waals surface area contributed by atoms with E-state index in [4.69, 9.17) is 0 Å². The molecule has 1 aromatic carbocycles. The molecule has 0 N–H and O–H groups in total. The summed E-state index contributed by atoms with van der Waals surface area (Å²) in [4.78, 5) is 0.655. The SMILES string of the molecule is C[S+]([O-])c1ccccc1C[O]. The quantitative estimate of drug-likeness (QED) is 0.616. The molecule has 0 heterocycles. The Kier molecular flexibility index (Phi) is 2.93. The lowest BCUT2D eigenvalue weighted by Gasteiger charge is -2.06. The van der Waals surface area contributed by atoms with Crippen molar-refractivity contribution in [3.63, 3.8) is 0 Å². The van der Waals surface area contributed by atoms with Crippen LogP contribution in [0, 0.1) is 0 Å². The minimum Gasteiger partial charge on any atom is -0.612 e. The summed E-state index contributed by atoms with van der Waals surface area (Å²) in [7, 11) is 0. The fourth-order valence-electron chi connectivity index (χ4n) is 0.904. The lowest BCUT2D eigenvalue weighted by atomic mass is 10.2. The van der Waals surface area contributed by atoms with Gasteiger partial charge in [0.1, 0.15) is 12.9 Å². The van der Waals surface area contributed by atoms with Crippen molar-refractivity contribution in [2.24, 2.45) is 0 Å². The highest BCUT2D eigenvalue weighted by molar-refractivity contribution is 7.90. The van der Waals surface area contributed by atoms with Gasteiger partial charge in [-0.15, -0.1) is 0 Å². The van der Waals surface area contributed by atoms with E-state index >= 15 is 0 Å². The second kappa shape index (κ2) is 3.76. The zero-order chi connectivity index (χ0) is 8.27. The summed E-state index contributed by atoms with van der Waals surface area (Å²) in [6.07, 6.45) is 1.58. The van der Waals surface area contributed by atoms with Crippen LogP contribution in [0.4, 0.5) is 0 Å². The summed E-state index contributed by atoms with van der Waals surface area (Å²) in [6, 6.07) is 7.01. The van der Waals surface area contributed by atoms with Crippen LogP contribution in [-0.4, -0.2) is 10.8 Å². The molecule has 1 aromatic rings. The first-order chi connectivity index (χ1) is 5.25. The van der Waals surface area contributed by atoms with Crippen molar-refractivity contribution in [3.05, 3.63) is 29.8 Å². The molecule has 1 radical (unpaired) electrons. The molecule has 0 aromatic heterocycles. The van der Waals surface area contributed by atoms with E-state index in [1.165, 1.54) is 0 Å². The third-order valence-electron chi connectivity index (χ3n) is 1.44. The van der Waals surface area contributed by atoms with E-state index in [1.807, 2.05) is 0 Å². The zero-order valence-corrected chi connectivity index (χ0v) is 7.06. The van der Waals surface area contributed by atoms with Gasteiger partial charge in [-0.05, 0) is 17.2 Å². The van der Waals surface area contributed by atoms with Crippen molar-refractivity contribution >= 4 is 11.2 Å². The molecule has 0 aliphatic rings. The second-order valence-corrected chi connectivity index (χ2v) is 3.55. The van der Waals surface area contributed by atoms with E-state index in [-0.39, 0.29) is 6.61 Å². The molecule has 59 valence electrons. The minimum absolute atomic E-state index is 0.296. The molecule has 0 amide bonds. The van der Waals surface area contributed by atoms with Crippen molar-refractivity contribution in [1.29, 1.82) is 0 Å². The standard InChI is InChI=1S/C8H9O2S/c1-11(10)8-5-3-2-4-7(8)6-9/h2-5H,6H2,1H3. The van der Waals surface area contributed by atoms with E-state index < -0.39 is 11.2 Å². The van der Waals surface area contributed by atoms with Gasteiger partial charge in [-0.2, -0.15) is 0 Å². The summed E-state index contributed by atoms with van der Waals surface area (Å²) in [6.45, 7) is -0.296. The fourth-order valence-corrected chi connectivity index (χ4v) is 1.67. The Morgan fingerprint density at radius 3 is 2.55 bits per heavy atom. The minimum atomic E-state index is -1.04. The molecule has 0 bridgehead atoms. The largest absolute Gasteiger partial charge is 0.612 e. The topological polar surface area (TPSA) is 43.0 Å². The van der Waals surface area contributed by atoms with Crippen molar-refractivity contribution in [2.75, 3.05) is 6.26 Å². The summed E-state index contributed by atoms with van der Waals surface area (Å²) in [5.41, 5.74) is 0.633. The highest BCUT2D eigenvalue weighted by Crippen LogP contribution is 2.14. The first kappa shape index (κ1) is 8.59. The van der Waals surface area contributed by atoms with Gasteiger partial charge in [-0.25, -0.2) is 5.11 Å². The van der Waals surface area contributed by atoms with Gasteiger partial charge in [0.2, 0.25) is 0 Å². The molecule has 2 nitrogen and oxygen atoms in total. The molecule has 0 spiro atoms. The van der Waals surface area contributed by atoms with Crippen LogP contribution in [0.1, 0.15) is 5.56 Å². The van der Waals surface area contributed by atoms with E-state index in [1.54, 1.807) is 30.5 Å². The van der Waals surface area contributed by atoms with Crippen LogP contribution in [-0.2, 0) is 22.9 Å². The smallest absolute Gasteiger partial charge is 0.158 e. The first-order valence-corrected chi connectivity index (χ1v) is 4.81. The normalized spacial score (nSPS) is 13.0. The lowest BCUT2D eigenvalue weighted by Crippen LogP contribution is -2.01. The summed E-state index contributed by atoms with van der Waals surface area (Å²) >= 11 is -1.04. The van der Waals surface area contributed by atoms with Crippen LogP contribution in [0.2, 0.25) is 0 Å². The summed E-state index contributed by atoms with van der Waals surface area (Å²) in [5, 5.41) is 10.5. The average Bonchev–Trinajstić information content (AvgIpc) is 2.04. The van der Waals surface area contributed by atoms with Gasteiger partial charge < -0.3 is 4.55 Å². The van der Waals surface area contributed by atoms with Crippen LogP contribution in [0.5, 0.6) is 0 Å².